The van der Waals surface area contributed by atoms with Crippen molar-refractivity contribution in [3.8, 4) is 0 Å². The van der Waals surface area contributed by atoms with Crippen molar-refractivity contribution in [1.29, 1.82) is 0 Å². The fraction of sp³-hybridized carbons (Fsp3) is 0.400. The number of allylic oxidation sites excluding steroid dienone is 1. The van der Waals surface area contributed by atoms with Gasteiger partial charge in [-0.1, -0.05) is 0 Å². The Morgan fingerprint density at radius 3 is 1.75 bits per heavy atom. The lowest BCUT2D eigenvalue weighted by Gasteiger charge is -1.84. The second-order valence-electron chi connectivity index (χ2n) is 1.68. The zero-order valence-corrected chi connectivity index (χ0v) is 4.05. The quantitative estimate of drug-likeness (QED) is 0.499. The maximum absolute atomic E-state index is 11.8. The maximum Gasteiger partial charge on any atom is 0.302 e. The highest BCUT2D eigenvalue weighted by molar-refractivity contribution is 5.27. The molecule has 0 aliphatic heterocycles. The summed E-state index contributed by atoms with van der Waals surface area (Å²) in [5.74, 6) is -1.03. The third kappa shape index (κ3) is 1.02. The highest BCUT2D eigenvalue weighted by Gasteiger charge is 2.30. The summed E-state index contributed by atoms with van der Waals surface area (Å²) in [7, 11) is 0. The van der Waals surface area contributed by atoms with Gasteiger partial charge in [-0.3, -0.25) is 0 Å². The SMILES string of the molecule is FC(F)=C(F)[C]1CC1. The molecule has 0 spiro atoms. The molecule has 1 saturated carbocycles. The molecule has 0 amide bonds. The molecule has 1 rings (SSSR count). The second-order valence-corrected chi connectivity index (χ2v) is 1.68. The van der Waals surface area contributed by atoms with Crippen LogP contribution in [0.25, 0.3) is 0 Å². The molecule has 0 aromatic heterocycles. The van der Waals surface area contributed by atoms with Gasteiger partial charge in [0.25, 0.3) is 0 Å². The van der Waals surface area contributed by atoms with E-state index in [0.29, 0.717) is 12.8 Å². The van der Waals surface area contributed by atoms with Crippen molar-refractivity contribution in [1.82, 2.24) is 0 Å². The van der Waals surface area contributed by atoms with Gasteiger partial charge in [-0.2, -0.15) is 8.78 Å². The van der Waals surface area contributed by atoms with E-state index < -0.39 is 11.9 Å². The Bertz CT molecular complexity index is 120. The van der Waals surface area contributed by atoms with Crippen molar-refractivity contribution in [2.24, 2.45) is 0 Å². The minimum Gasteiger partial charge on any atom is -0.205 e. The van der Waals surface area contributed by atoms with Gasteiger partial charge in [0.15, 0.2) is 5.83 Å². The van der Waals surface area contributed by atoms with Crippen LogP contribution in [-0.4, -0.2) is 0 Å². The van der Waals surface area contributed by atoms with E-state index in [1.165, 1.54) is 0 Å². The van der Waals surface area contributed by atoms with Gasteiger partial charge in [-0.15, -0.1) is 0 Å². The van der Waals surface area contributed by atoms with Gasteiger partial charge in [0.2, 0.25) is 0 Å². The van der Waals surface area contributed by atoms with E-state index >= 15 is 0 Å². The van der Waals surface area contributed by atoms with Gasteiger partial charge >= 0.3 is 6.08 Å². The first-order valence-corrected chi connectivity index (χ1v) is 2.27. The van der Waals surface area contributed by atoms with Gasteiger partial charge in [0.05, 0.1) is 0 Å². The third-order valence-electron chi connectivity index (χ3n) is 0.976. The summed E-state index contributed by atoms with van der Waals surface area (Å²) in [5, 5.41) is 0. The van der Waals surface area contributed by atoms with Crippen LogP contribution in [0.1, 0.15) is 12.8 Å². The van der Waals surface area contributed by atoms with Gasteiger partial charge in [-0.05, 0) is 12.8 Å². The molecule has 0 N–H and O–H groups in total. The molecule has 0 bridgehead atoms. The van der Waals surface area contributed by atoms with Crippen LogP contribution >= 0.6 is 0 Å². The Hall–Kier alpha value is -0.470. The van der Waals surface area contributed by atoms with Crippen LogP contribution in [0.3, 0.4) is 0 Å². The van der Waals surface area contributed by atoms with Gasteiger partial charge < -0.3 is 0 Å². The number of hydrogen-bond acceptors (Lipinski definition) is 0. The van der Waals surface area contributed by atoms with Crippen molar-refractivity contribution in [3.63, 3.8) is 0 Å². The molecule has 1 fully saturated rings. The molecular weight excluding hydrogens is 117 g/mol. The van der Waals surface area contributed by atoms with Crippen LogP contribution in [0.5, 0.6) is 0 Å². The monoisotopic (exact) mass is 121 g/mol. The molecule has 3 heteroatoms. The minimum absolute atomic E-state index is 0.255. The minimum atomic E-state index is -2.18. The highest BCUT2D eigenvalue weighted by Crippen LogP contribution is 2.41. The van der Waals surface area contributed by atoms with Crippen molar-refractivity contribution in [2.75, 3.05) is 0 Å². The Kier molecular flexibility index (Phi) is 1.27. The maximum atomic E-state index is 11.8. The molecule has 0 heterocycles. The Morgan fingerprint density at radius 2 is 1.62 bits per heavy atom. The van der Waals surface area contributed by atoms with Crippen LogP contribution in [0.2, 0.25) is 0 Å². The van der Waals surface area contributed by atoms with E-state index in [4.69, 9.17) is 0 Å². The lowest BCUT2D eigenvalue weighted by atomic mass is 10.4. The van der Waals surface area contributed by atoms with Gasteiger partial charge in [0, 0.05) is 5.92 Å². The molecule has 45 valence electrons. The van der Waals surface area contributed by atoms with Crippen molar-refractivity contribution in [3.05, 3.63) is 17.8 Å². The summed E-state index contributed by atoms with van der Waals surface area (Å²) in [5.41, 5.74) is 0. The first kappa shape index (κ1) is 5.66. The van der Waals surface area contributed by atoms with Gasteiger partial charge in [0.1, 0.15) is 0 Å². The average molecular weight is 121 g/mol. The summed E-state index contributed by atoms with van der Waals surface area (Å²) in [6.07, 6.45) is -1.18. The number of hydrogen-bond donors (Lipinski definition) is 0. The lowest BCUT2D eigenvalue weighted by molar-refractivity contribution is 0.381. The van der Waals surface area contributed by atoms with Crippen LogP contribution in [0, 0.1) is 5.92 Å². The van der Waals surface area contributed by atoms with Crippen LogP contribution in [0.15, 0.2) is 11.9 Å². The zero-order valence-electron chi connectivity index (χ0n) is 4.05. The average Bonchev–Trinajstić information content (AvgIpc) is 2.43. The Labute approximate surface area is 45.0 Å². The number of halogens is 3. The molecule has 1 radical (unpaired) electrons. The summed E-state index contributed by atoms with van der Waals surface area (Å²) < 4.78 is 34.2. The Morgan fingerprint density at radius 1 is 1.12 bits per heavy atom. The molecule has 0 aromatic rings. The summed E-state index contributed by atoms with van der Waals surface area (Å²) in [4.78, 5) is 0. The fourth-order valence-electron chi connectivity index (χ4n) is 0.416. The van der Waals surface area contributed by atoms with Gasteiger partial charge in [-0.25, -0.2) is 4.39 Å². The summed E-state index contributed by atoms with van der Waals surface area (Å²) in [6, 6.07) is 0. The largest absolute Gasteiger partial charge is 0.302 e. The van der Waals surface area contributed by atoms with E-state index in [1.807, 2.05) is 0 Å². The zero-order chi connectivity index (χ0) is 6.15. The van der Waals surface area contributed by atoms with Crippen molar-refractivity contribution in [2.45, 2.75) is 12.8 Å². The second kappa shape index (κ2) is 1.80. The molecule has 0 unspecified atom stereocenters. The topological polar surface area (TPSA) is 0 Å². The molecule has 8 heavy (non-hydrogen) atoms. The third-order valence-corrected chi connectivity index (χ3v) is 0.976. The molecule has 0 atom stereocenters. The van der Waals surface area contributed by atoms with Crippen LogP contribution < -0.4 is 0 Å². The Balaban J connectivity index is 2.54. The highest BCUT2D eigenvalue weighted by atomic mass is 19.3. The van der Waals surface area contributed by atoms with Crippen LogP contribution in [-0.2, 0) is 0 Å². The summed E-state index contributed by atoms with van der Waals surface area (Å²) >= 11 is 0. The fourth-order valence-corrected chi connectivity index (χ4v) is 0.416. The number of rotatable bonds is 1. The lowest BCUT2D eigenvalue weighted by Crippen LogP contribution is -1.73. The smallest absolute Gasteiger partial charge is 0.205 e. The standard InChI is InChI=1S/C5H4F3/c6-4(5(7)8)3-1-2-3/h1-2H2. The van der Waals surface area contributed by atoms with Crippen LogP contribution in [0.4, 0.5) is 13.2 Å². The first-order valence-electron chi connectivity index (χ1n) is 2.27. The normalized spacial score (nSPS) is 18.4. The van der Waals surface area contributed by atoms with E-state index in [-0.39, 0.29) is 5.92 Å². The van der Waals surface area contributed by atoms with E-state index in [2.05, 4.69) is 0 Å². The molecule has 0 saturated heterocycles. The van der Waals surface area contributed by atoms with E-state index in [1.54, 1.807) is 0 Å². The molecule has 0 aromatic carbocycles. The van der Waals surface area contributed by atoms with Crippen molar-refractivity contribution >= 4 is 0 Å². The van der Waals surface area contributed by atoms with E-state index in [0.717, 1.165) is 0 Å². The predicted octanol–water partition coefficient (Wildman–Crippen LogP) is 2.43. The molecule has 0 nitrogen and oxygen atoms in total. The first-order chi connectivity index (χ1) is 3.72. The molecule has 1 aliphatic rings. The molecule has 1 aliphatic carbocycles. The molecular formula is C5H4F3. The van der Waals surface area contributed by atoms with E-state index in [9.17, 15) is 13.2 Å². The van der Waals surface area contributed by atoms with Crippen molar-refractivity contribution < 1.29 is 13.2 Å². The predicted molar refractivity (Wildman–Crippen MR) is 22.8 cm³/mol. The summed E-state index contributed by atoms with van der Waals surface area (Å²) in [6.45, 7) is 0.